The number of nitrogens with zero attached hydrogens (tertiary/aromatic N) is 4. The van der Waals surface area contributed by atoms with Crippen LogP contribution in [0, 0.1) is 6.92 Å². The maximum Gasteiger partial charge on any atom is 0.245 e. The smallest absolute Gasteiger partial charge is 0.245 e. The molecule has 0 aliphatic rings. The number of aryl methyl sites for hydroxylation is 1. The van der Waals surface area contributed by atoms with Gasteiger partial charge in [-0.2, -0.15) is 5.10 Å². The number of hydrogen-bond acceptors (Lipinski definition) is 5. The molecule has 3 aromatic heterocycles. The summed E-state index contributed by atoms with van der Waals surface area (Å²) in [5.74, 6) is 1.18. The van der Waals surface area contributed by atoms with E-state index < -0.39 is 0 Å². The van der Waals surface area contributed by atoms with Crippen LogP contribution in [-0.2, 0) is 11.3 Å². The molecule has 7 nitrogen and oxygen atoms in total. The van der Waals surface area contributed by atoms with Gasteiger partial charge >= 0.3 is 0 Å². The van der Waals surface area contributed by atoms with Crippen molar-refractivity contribution < 1.29 is 4.79 Å². The van der Waals surface area contributed by atoms with Crippen LogP contribution in [-0.4, -0.2) is 30.6 Å². The lowest BCUT2D eigenvalue weighted by molar-refractivity contribution is -0.116. The number of para-hydroxylation sites is 2. The van der Waals surface area contributed by atoms with Crippen molar-refractivity contribution in [2.75, 3.05) is 5.32 Å². The second kappa shape index (κ2) is 5.89. The van der Waals surface area contributed by atoms with Gasteiger partial charge in [-0.1, -0.05) is 12.1 Å². The largest absolute Gasteiger partial charge is 0.314 e. The Labute approximate surface area is 141 Å². The summed E-state index contributed by atoms with van der Waals surface area (Å²) in [6, 6.07) is 9.49. The maximum atomic E-state index is 12.4. The third-order valence-corrected chi connectivity index (χ3v) is 4.60. The number of imidazole rings is 1. The summed E-state index contributed by atoms with van der Waals surface area (Å²) in [5, 5.41) is 9.34. The van der Waals surface area contributed by atoms with Gasteiger partial charge in [-0.15, -0.1) is 11.3 Å². The fraction of sp³-hybridized carbons (Fsp3) is 0.125. The number of rotatable bonds is 4. The molecule has 0 aliphatic carbocycles. The third-order valence-electron chi connectivity index (χ3n) is 3.68. The Morgan fingerprint density at radius 2 is 2.21 bits per heavy atom. The van der Waals surface area contributed by atoms with Crippen LogP contribution in [0.15, 0.2) is 42.0 Å². The summed E-state index contributed by atoms with van der Waals surface area (Å²) < 4.78 is 1.92. The summed E-state index contributed by atoms with van der Waals surface area (Å²) in [5.41, 5.74) is 4.47. The molecule has 3 heterocycles. The lowest BCUT2D eigenvalue weighted by Crippen LogP contribution is -2.19. The number of carbonyl (C=O) groups is 1. The molecule has 0 fully saturated rings. The van der Waals surface area contributed by atoms with E-state index in [1.165, 1.54) is 11.3 Å². The number of anilines is 1. The molecule has 0 atom stereocenters. The first-order valence-electron chi connectivity index (χ1n) is 7.37. The molecular weight excluding hydrogens is 324 g/mol. The lowest BCUT2D eigenvalue weighted by atomic mass is 10.3. The van der Waals surface area contributed by atoms with E-state index in [1.54, 1.807) is 17.8 Å². The number of fused-ring (bicyclic) bond motifs is 1. The average Bonchev–Trinajstić information content (AvgIpc) is 3.29. The highest BCUT2D eigenvalue weighted by molar-refractivity contribution is 7.13. The molecule has 24 heavy (non-hydrogen) atoms. The van der Waals surface area contributed by atoms with Crippen LogP contribution in [0.5, 0.6) is 0 Å². The quantitative estimate of drug-likeness (QED) is 0.599. The van der Waals surface area contributed by atoms with Crippen molar-refractivity contribution in [3.63, 3.8) is 0 Å². The number of aromatic nitrogens is 5. The Bertz CT molecular complexity index is 1000. The zero-order chi connectivity index (χ0) is 16.5. The first kappa shape index (κ1) is 14.6. The second-order valence-electron chi connectivity index (χ2n) is 5.30. The molecule has 0 aliphatic heterocycles. The maximum absolute atomic E-state index is 12.4. The van der Waals surface area contributed by atoms with Crippen molar-refractivity contribution in [2.45, 2.75) is 13.5 Å². The highest BCUT2D eigenvalue weighted by Crippen LogP contribution is 2.29. The third kappa shape index (κ3) is 2.56. The number of thiazole rings is 1. The van der Waals surface area contributed by atoms with Crippen LogP contribution in [0.25, 0.3) is 21.7 Å². The molecule has 0 saturated heterocycles. The predicted molar refractivity (Wildman–Crippen MR) is 92.8 cm³/mol. The Hall–Kier alpha value is -3.00. The van der Waals surface area contributed by atoms with Crippen LogP contribution in [0.3, 0.4) is 0 Å². The molecule has 4 rings (SSSR count). The topological polar surface area (TPSA) is 88.5 Å². The van der Waals surface area contributed by atoms with Gasteiger partial charge in [0.05, 0.1) is 33.3 Å². The minimum Gasteiger partial charge on any atom is -0.314 e. The standard InChI is InChI=1S/C16H14N6OS/c1-10-15(24-9-17-10)16-19-11-4-2-3-5-12(11)22(16)8-14(23)20-13-6-7-18-21-13/h2-7,9H,8H2,1H3,(H2,18,20,21,23). The monoisotopic (exact) mass is 338 g/mol. The van der Waals surface area contributed by atoms with Gasteiger partial charge in [0.25, 0.3) is 0 Å². The molecule has 0 saturated carbocycles. The fourth-order valence-electron chi connectivity index (χ4n) is 2.58. The number of amides is 1. The van der Waals surface area contributed by atoms with Gasteiger partial charge < -0.3 is 9.88 Å². The highest BCUT2D eigenvalue weighted by atomic mass is 32.1. The van der Waals surface area contributed by atoms with Gasteiger partial charge in [0.2, 0.25) is 5.91 Å². The highest BCUT2D eigenvalue weighted by Gasteiger charge is 2.18. The lowest BCUT2D eigenvalue weighted by Gasteiger charge is -2.08. The molecule has 4 aromatic rings. The minimum absolute atomic E-state index is 0.147. The van der Waals surface area contributed by atoms with E-state index in [4.69, 9.17) is 4.98 Å². The van der Waals surface area contributed by atoms with E-state index in [0.717, 1.165) is 27.4 Å². The molecular formula is C16H14N6OS. The molecule has 0 unspecified atom stereocenters. The number of H-pyrrole nitrogens is 1. The van der Waals surface area contributed by atoms with Crippen molar-refractivity contribution in [1.82, 2.24) is 24.7 Å². The van der Waals surface area contributed by atoms with Gasteiger partial charge in [-0.05, 0) is 19.1 Å². The van der Waals surface area contributed by atoms with Crippen molar-refractivity contribution in [3.8, 4) is 10.7 Å². The van der Waals surface area contributed by atoms with Crippen molar-refractivity contribution in [1.29, 1.82) is 0 Å². The summed E-state index contributed by atoms with van der Waals surface area (Å²) in [6.07, 6.45) is 1.59. The zero-order valence-corrected chi connectivity index (χ0v) is 13.7. The van der Waals surface area contributed by atoms with Crippen molar-refractivity contribution >= 4 is 34.1 Å². The van der Waals surface area contributed by atoms with E-state index >= 15 is 0 Å². The first-order chi connectivity index (χ1) is 11.7. The number of carbonyl (C=O) groups excluding carboxylic acids is 1. The summed E-state index contributed by atoms with van der Waals surface area (Å²) in [7, 11) is 0. The normalized spacial score (nSPS) is 11.0. The summed E-state index contributed by atoms with van der Waals surface area (Å²) >= 11 is 1.52. The average molecular weight is 338 g/mol. The van der Waals surface area contributed by atoms with E-state index in [2.05, 4.69) is 20.5 Å². The van der Waals surface area contributed by atoms with E-state index in [9.17, 15) is 4.79 Å². The Kier molecular flexibility index (Phi) is 3.58. The molecule has 2 N–H and O–H groups in total. The first-order valence-corrected chi connectivity index (χ1v) is 8.25. The second-order valence-corrected chi connectivity index (χ2v) is 6.15. The molecule has 8 heteroatoms. The van der Waals surface area contributed by atoms with Crippen molar-refractivity contribution in [2.24, 2.45) is 0 Å². The van der Waals surface area contributed by atoms with Gasteiger partial charge in [0, 0.05) is 6.07 Å². The molecule has 1 aromatic carbocycles. The van der Waals surface area contributed by atoms with E-state index in [1.807, 2.05) is 35.8 Å². The van der Waals surface area contributed by atoms with E-state index in [0.29, 0.717) is 5.82 Å². The van der Waals surface area contributed by atoms with Gasteiger partial charge in [0.1, 0.15) is 12.4 Å². The number of nitrogens with one attached hydrogen (secondary N) is 2. The molecule has 0 spiro atoms. The van der Waals surface area contributed by atoms with Crippen LogP contribution >= 0.6 is 11.3 Å². The number of hydrogen-bond donors (Lipinski definition) is 2. The molecule has 120 valence electrons. The minimum atomic E-state index is -0.147. The zero-order valence-electron chi connectivity index (χ0n) is 12.9. The number of aromatic amines is 1. The Balaban J connectivity index is 1.75. The fourth-order valence-corrected chi connectivity index (χ4v) is 3.38. The SMILES string of the molecule is Cc1ncsc1-c1nc2ccccc2n1CC(=O)Nc1ccn[nH]1. The summed E-state index contributed by atoms with van der Waals surface area (Å²) in [6.45, 7) is 2.10. The molecule has 1 amide bonds. The number of benzene rings is 1. The van der Waals surface area contributed by atoms with Crippen LogP contribution < -0.4 is 5.32 Å². The van der Waals surface area contributed by atoms with Crippen LogP contribution in [0.1, 0.15) is 5.69 Å². The van der Waals surface area contributed by atoms with Gasteiger partial charge in [-0.25, -0.2) is 9.97 Å². The van der Waals surface area contributed by atoms with Crippen LogP contribution in [0.4, 0.5) is 5.82 Å². The Morgan fingerprint density at radius 3 is 2.96 bits per heavy atom. The Morgan fingerprint density at radius 1 is 1.33 bits per heavy atom. The molecule has 0 bridgehead atoms. The van der Waals surface area contributed by atoms with E-state index in [-0.39, 0.29) is 12.5 Å². The van der Waals surface area contributed by atoms with Crippen LogP contribution in [0.2, 0.25) is 0 Å². The molecule has 0 radical (unpaired) electrons. The van der Waals surface area contributed by atoms with Crippen molar-refractivity contribution in [3.05, 3.63) is 47.7 Å². The van der Waals surface area contributed by atoms with Gasteiger partial charge in [-0.3, -0.25) is 9.89 Å². The van der Waals surface area contributed by atoms with Gasteiger partial charge in [0.15, 0.2) is 5.82 Å². The summed E-state index contributed by atoms with van der Waals surface area (Å²) in [4.78, 5) is 22.4. The predicted octanol–water partition coefficient (Wildman–Crippen LogP) is 2.83.